The molecule has 1 aromatic carbocycles. The summed E-state index contributed by atoms with van der Waals surface area (Å²) in [4.78, 5) is 12.0. The van der Waals surface area contributed by atoms with Crippen molar-refractivity contribution < 1.29 is 14.3 Å². The number of phenolic OH excluding ortho intramolecular Hbond substituents is 1. The zero-order chi connectivity index (χ0) is 14.5. The third kappa shape index (κ3) is 3.48. The van der Waals surface area contributed by atoms with E-state index in [1.54, 1.807) is 0 Å². The summed E-state index contributed by atoms with van der Waals surface area (Å²) in [6.45, 7) is 3.61. The monoisotopic (exact) mass is 280 g/mol. The molecule has 0 saturated carbocycles. The van der Waals surface area contributed by atoms with Crippen LogP contribution in [0.25, 0.3) is 0 Å². The third-order valence-corrected chi connectivity index (χ3v) is 3.93. The Balaban J connectivity index is 1.94. The fraction of sp³-hybridized carbons (Fsp3) is 0.533. The van der Waals surface area contributed by atoms with Gasteiger partial charge in [-0.05, 0) is 37.4 Å². The summed E-state index contributed by atoms with van der Waals surface area (Å²) < 4.78 is 13.6. The fourth-order valence-electron chi connectivity index (χ4n) is 2.73. The Bertz CT molecular complexity index is 479. The van der Waals surface area contributed by atoms with Crippen molar-refractivity contribution >= 4 is 5.91 Å². The van der Waals surface area contributed by atoms with Crippen LogP contribution in [0, 0.1) is 11.7 Å². The van der Waals surface area contributed by atoms with E-state index in [1.165, 1.54) is 12.1 Å². The minimum Gasteiger partial charge on any atom is -0.508 e. The van der Waals surface area contributed by atoms with Crippen LogP contribution in [-0.2, 0) is 0 Å². The Morgan fingerprint density at radius 2 is 2.35 bits per heavy atom. The minimum absolute atomic E-state index is 0.0355. The third-order valence-electron chi connectivity index (χ3n) is 3.93. The topological polar surface area (TPSA) is 61.4 Å². The number of carbonyl (C=O) groups excluding carboxylic acids is 1. The molecule has 0 spiro atoms. The number of benzene rings is 1. The number of hydrogen-bond acceptors (Lipinski definition) is 3. The number of rotatable bonds is 4. The van der Waals surface area contributed by atoms with Gasteiger partial charge in [0.2, 0.25) is 0 Å². The van der Waals surface area contributed by atoms with Gasteiger partial charge in [0.05, 0.1) is 5.56 Å². The van der Waals surface area contributed by atoms with Gasteiger partial charge in [-0.3, -0.25) is 4.79 Å². The summed E-state index contributed by atoms with van der Waals surface area (Å²) in [5.74, 6) is -0.774. The standard InChI is InChI=1S/C15H21FN2O2/c1-2-10-4-3-7-17-14(10)9-18-15(20)12-6-5-11(19)8-13(12)16/h5-6,8,10,14,17,19H,2-4,7,9H2,1H3,(H,18,20). The lowest BCUT2D eigenvalue weighted by atomic mass is 9.88. The van der Waals surface area contributed by atoms with Gasteiger partial charge in [0.15, 0.2) is 0 Å². The maximum atomic E-state index is 13.6. The van der Waals surface area contributed by atoms with Gasteiger partial charge in [0, 0.05) is 18.7 Å². The van der Waals surface area contributed by atoms with Crippen molar-refractivity contribution in [3.05, 3.63) is 29.6 Å². The van der Waals surface area contributed by atoms with Gasteiger partial charge in [-0.1, -0.05) is 13.3 Å². The highest BCUT2D eigenvalue weighted by atomic mass is 19.1. The van der Waals surface area contributed by atoms with Crippen LogP contribution < -0.4 is 10.6 Å². The van der Waals surface area contributed by atoms with E-state index in [0.29, 0.717) is 12.5 Å². The lowest BCUT2D eigenvalue weighted by Gasteiger charge is -2.32. The number of hydrogen-bond donors (Lipinski definition) is 3. The summed E-state index contributed by atoms with van der Waals surface area (Å²) in [7, 11) is 0. The molecule has 0 radical (unpaired) electrons. The number of nitrogens with one attached hydrogen (secondary N) is 2. The highest BCUT2D eigenvalue weighted by molar-refractivity contribution is 5.94. The Labute approximate surface area is 118 Å². The molecule has 0 aliphatic carbocycles. The van der Waals surface area contributed by atoms with E-state index in [2.05, 4.69) is 17.6 Å². The van der Waals surface area contributed by atoms with Gasteiger partial charge < -0.3 is 15.7 Å². The maximum Gasteiger partial charge on any atom is 0.254 e. The van der Waals surface area contributed by atoms with E-state index in [4.69, 9.17) is 5.11 Å². The first-order valence-electron chi connectivity index (χ1n) is 7.12. The van der Waals surface area contributed by atoms with Crippen LogP contribution in [-0.4, -0.2) is 30.1 Å². The van der Waals surface area contributed by atoms with Gasteiger partial charge in [-0.15, -0.1) is 0 Å². The molecule has 1 saturated heterocycles. The van der Waals surface area contributed by atoms with E-state index in [0.717, 1.165) is 31.9 Å². The Kier molecular flexibility index (Phi) is 4.95. The molecule has 0 bridgehead atoms. The molecule has 2 unspecified atom stereocenters. The predicted molar refractivity (Wildman–Crippen MR) is 75.2 cm³/mol. The first-order chi connectivity index (χ1) is 9.61. The summed E-state index contributed by atoms with van der Waals surface area (Å²) >= 11 is 0. The van der Waals surface area contributed by atoms with E-state index < -0.39 is 11.7 Å². The van der Waals surface area contributed by atoms with Crippen molar-refractivity contribution in [3.63, 3.8) is 0 Å². The molecule has 110 valence electrons. The van der Waals surface area contributed by atoms with Crippen LogP contribution in [0.5, 0.6) is 5.75 Å². The molecule has 3 N–H and O–H groups in total. The number of carbonyl (C=O) groups is 1. The molecule has 1 fully saturated rings. The average Bonchev–Trinajstić information content (AvgIpc) is 2.45. The average molecular weight is 280 g/mol. The summed E-state index contributed by atoms with van der Waals surface area (Å²) in [5, 5.41) is 15.3. The predicted octanol–water partition coefficient (Wildman–Crippen LogP) is 2.04. The number of aromatic hydroxyl groups is 1. The molecule has 5 heteroatoms. The van der Waals surface area contributed by atoms with E-state index >= 15 is 0 Å². The number of halogens is 1. The molecular formula is C15H21FN2O2. The van der Waals surface area contributed by atoms with Crippen molar-refractivity contribution in [2.75, 3.05) is 13.1 Å². The summed E-state index contributed by atoms with van der Waals surface area (Å²) in [5.41, 5.74) is -0.0355. The molecule has 2 atom stereocenters. The second kappa shape index (κ2) is 6.70. The largest absolute Gasteiger partial charge is 0.508 e. The van der Waals surface area contributed by atoms with Crippen LogP contribution in [0.1, 0.15) is 36.5 Å². The zero-order valence-electron chi connectivity index (χ0n) is 11.7. The fourth-order valence-corrected chi connectivity index (χ4v) is 2.73. The van der Waals surface area contributed by atoms with Crippen molar-refractivity contribution in [1.29, 1.82) is 0 Å². The van der Waals surface area contributed by atoms with Crippen LogP contribution in [0.3, 0.4) is 0 Å². The van der Waals surface area contributed by atoms with Gasteiger partial charge in [0.1, 0.15) is 11.6 Å². The number of piperidine rings is 1. The van der Waals surface area contributed by atoms with Crippen molar-refractivity contribution in [2.45, 2.75) is 32.2 Å². The summed E-state index contributed by atoms with van der Waals surface area (Å²) in [6, 6.07) is 3.80. The molecule has 1 amide bonds. The van der Waals surface area contributed by atoms with Gasteiger partial charge in [0.25, 0.3) is 5.91 Å². The van der Waals surface area contributed by atoms with Crippen molar-refractivity contribution in [3.8, 4) is 5.75 Å². The number of phenols is 1. The van der Waals surface area contributed by atoms with E-state index in [9.17, 15) is 9.18 Å². The Morgan fingerprint density at radius 1 is 1.55 bits per heavy atom. The zero-order valence-corrected chi connectivity index (χ0v) is 11.7. The van der Waals surface area contributed by atoms with Crippen LogP contribution >= 0.6 is 0 Å². The van der Waals surface area contributed by atoms with Crippen molar-refractivity contribution in [2.24, 2.45) is 5.92 Å². The molecule has 4 nitrogen and oxygen atoms in total. The van der Waals surface area contributed by atoms with Crippen LogP contribution in [0.4, 0.5) is 4.39 Å². The molecule has 1 aliphatic heterocycles. The molecule has 1 aliphatic rings. The smallest absolute Gasteiger partial charge is 0.254 e. The maximum absolute atomic E-state index is 13.6. The normalized spacial score (nSPS) is 22.5. The van der Waals surface area contributed by atoms with Gasteiger partial charge in [-0.2, -0.15) is 0 Å². The molecule has 1 aromatic rings. The Hall–Kier alpha value is -1.62. The van der Waals surface area contributed by atoms with Crippen LogP contribution in [0.2, 0.25) is 0 Å². The highest BCUT2D eigenvalue weighted by Gasteiger charge is 2.24. The second-order valence-corrected chi connectivity index (χ2v) is 5.25. The molecule has 20 heavy (non-hydrogen) atoms. The van der Waals surface area contributed by atoms with Gasteiger partial charge >= 0.3 is 0 Å². The first kappa shape index (κ1) is 14.8. The lowest BCUT2D eigenvalue weighted by Crippen LogP contribution is -2.48. The second-order valence-electron chi connectivity index (χ2n) is 5.25. The van der Waals surface area contributed by atoms with Crippen LogP contribution in [0.15, 0.2) is 18.2 Å². The quantitative estimate of drug-likeness (QED) is 0.791. The highest BCUT2D eigenvalue weighted by Crippen LogP contribution is 2.19. The first-order valence-corrected chi connectivity index (χ1v) is 7.12. The van der Waals surface area contributed by atoms with E-state index in [1.807, 2.05) is 0 Å². The lowest BCUT2D eigenvalue weighted by molar-refractivity contribution is 0.0938. The molecular weight excluding hydrogens is 259 g/mol. The summed E-state index contributed by atoms with van der Waals surface area (Å²) in [6.07, 6.45) is 3.40. The van der Waals surface area contributed by atoms with E-state index in [-0.39, 0.29) is 17.4 Å². The molecule has 0 aromatic heterocycles. The minimum atomic E-state index is -0.703. The van der Waals surface area contributed by atoms with Crippen molar-refractivity contribution in [1.82, 2.24) is 10.6 Å². The number of amides is 1. The SMILES string of the molecule is CCC1CCCNC1CNC(=O)c1ccc(O)cc1F. The van der Waals surface area contributed by atoms with Gasteiger partial charge in [-0.25, -0.2) is 4.39 Å². The Morgan fingerprint density at radius 3 is 3.05 bits per heavy atom. The molecule has 1 heterocycles. The molecule has 2 rings (SSSR count).